The van der Waals surface area contributed by atoms with E-state index in [0.29, 0.717) is 17.1 Å². The van der Waals surface area contributed by atoms with E-state index in [1.54, 1.807) is 12.3 Å². The van der Waals surface area contributed by atoms with Crippen molar-refractivity contribution in [3.05, 3.63) is 34.5 Å². The number of aromatic nitrogens is 2. The summed E-state index contributed by atoms with van der Waals surface area (Å²) >= 11 is 0. The van der Waals surface area contributed by atoms with Crippen LogP contribution >= 0.6 is 0 Å². The molecule has 0 bridgehead atoms. The normalized spacial score (nSPS) is 18.0. The Hall–Kier alpha value is -2.28. The van der Waals surface area contributed by atoms with Crippen LogP contribution in [0.3, 0.4) is 0 Å². The van der Waals surface area contributed by atoms with Crippen molar-refractivity contribution in [2.45, 2.75) is 18.9 Å². The van der Waals surface area contributed by atoms with Gasteiger partial charge in [-0.05, 0) is 25.5 Å². The third-order valence-corrected chi connectivity index (χ3v) is 3.77. The van der Waals surface area contributed by atoms with Crippen molar-refractivity contribution >= 4 is 22.5 Å². The van der Waals surface area contributed by atoms with Gasteiger partial charge in [0.15, 0.2) is 0 Å². The molecule has 110 valence electrons. The molecule has 1 N–H and O–H groups in total. The van der Waals surface area contributed by atoms with Crippen molar-refractivity contribution in [3.63, 3.8) is 0 Å². The summed E-state index contributed by atoms with van der Waals surface area (Å²) in [5.74, 6) is 0.782. The molecule has 1 aliphatic heterocycles. The fourth-order valence-corrected chi connectivity index (χ4v) is 2.62. The molecule has 0 aliphatic carbocycles. The van der Waals surface area contributed by atoms with Crippen LogP contribution in [-0.4, -0.2) is 41.1 Å². The molecular weight excluding hydrogens is 270 g/mol. The lowest BCUT2D eigenvalue weighted by atomic mass is 10.2. The molecule has 1 unspecified atom stereocenters. The van der Waals surface area contributed by atoms with Gasteiger partial charge in [0.25, 0.3) is 5.69 Å². The van der Waals surface area contributed by atoms with Crippen LogP contribution < -0.4 is 10.2 Å². The Morgan fingerprint density at radius 1 is 1.48 bits per heavy atom. The lowest BCUT2D eigenvalue weighted by Gasteiger charge is -2.22. The second-order valence-corrected chi connectivity index (χ2v) is 5.33. The number of nitro groups is 1. The van der Waals surface area contributed by atoms with Gasteiger partial charge < -0.3 is 10.2 Å². The van der Waals surface area contributed by atoms with Gasteiger partial charge in [0, 0.05) is 31.8 Å². The molecule has 0 radical (unpaired) electrons. The maximum Gasteiger partial charge on any atom is 0.271 e. The summed E-state index contributed by atoms with van der Waals surface area (Å²) in [6, 6.07) is 5.04. The summed E-state index contributed by atoms with van der Waals surface area (Å²) < 4.78 is 0. The molecule has 7 heteroatoms. The molecule has 0 spiro atoms. The first kappa shape index (κ1) is 13.7. The molecular formula is C14H17N5O2. The second-order valence-electron chi connectivity index (χ2n) is 5.33. The number of nitrogens with zero attached hydrogens (tertiary/aromatic N) is 4. The van der Waals surface area contributed by atoms with E-state index in [4.69, 9.17) is 0 Å². The second kappa shape index (κ2) is 5.61. The number of rotatable bonds is 4. The zero-order valence-corrected chi connectivity index (χ0v) is 11.8. The first-order chi connectivity index (χ1) is 10.1. The number of nitrogens with one attached hydrogen (secondary N) is 1. The van der Waals surface area contributed by atoms with Crippen LogP contribution in [-0.2, 0) is 0 Å². The quantitative estimate of drug-likeness (QED) is 0.681. The minimum atomic E-state index is -0.424. The molecule has 2 aromatic rings. The molecule has 7 nitrogen and oxygen atoms in total. The fourth-order valence-electron chi connectivity index (χ4n) is 2.62. The van der Waals surface area contributed by atoms with Crippen LogP contribution in [0.15, 0.2) is 24.4 Å². The molecule has 0 amide bonds. The Morgan fingerprint density at radius 2 is 2.33 bits per heavy atom. The molecule has 1 aromatic carbocycles. The minimum absolute atomic E-state index is 0.0352. The SMILES string of the molecule is CN(CC1CCCN1)c1cnc2cc([N+](=O)[O-])ccc2n1. The topological polar surface area (TPSA) is 84.2 Å². The highest BCUT2D eigenvalue weighted by molar-refractivity contribution is 5.78. The highest BCUT2D eigenvalue weighted by Crippen LogP contribution is 2.20. The minimum Gasteiger partial charge on any atom is -0.357 e. The van der Waals surface area contributed by atoms with Gasteiger partial charge in [-0.1, -0.05) is 0 Å². The third-order valence-electron chi connectivity index (χ3n) is 3.77. The molecule has 0 saturated carbocycles. The van der Waals surface area contributed by atoms with Gasteiger partial charge in [0.1, 0.15) is 5.82 Å². The number of hydrogen-bond acceptors (Lipinski definition) is 6. The van der Waals surface area contributed by atoms with Gasteiger partial charge in [-0.25, -0.2) is 4.98 Å². The van der Waals surface area contributed by atoms with E-state index >= 15 is 0 Å². The largest absolute Gasteiger partial charge is 0.357 e. The van der Waals surface area contributed by atoms with Gasteiger partial charge in [-0.3, -0.25) is 15.1 Å². The van der Waals surface area contributed by atoms with E-state index in [-0.39, 0.29) is 5.69 Å². The Bertz CT molecular complexity index is 669. The fraction of sp³-hybridized carbons (Fsp3) is 0.429. The van der Waals surface area contributed by atoms with Crippen LogP contribution in [0.2, 0.25) is 0 Å². The maximum absolute atomic E-state index is 10.8. The summed E-state index contributed by atoms with van der Waals surface area (Å²) in [5, 5.41) is 14.2. The molecule has 1 saturated heterocycles. The Balaban J connectivity index is 1.83. The van der Waals surface area contributed by atoms with Crippen molar-refractivity contribution in [1.82, 2.24) is 15.3 Å². The number of non-ortho nitro benzene ring substituents is 1. The average Bonchev–Trinajstić information content (AvgIpc) is 2.99. The third kappa shape index (κ3) is 2.92. The number of nitro benzene ring substituents is 1. The number of hydrogen-bond donors (Lipinski definition) is 1. The zero-order chi connectivity index (χ0) is 14.8. The lowest BCUT2D eigenvalue weighted by Crippen LogP contribution is -2.35. The molecule has 1 fully saturated rings. The molecule has 3 rings (SSSR count). The van der Waals surface area contributed by atoms with E-state index < -0.39 is 4.92 Å². The highest BCUT2D eigenvalue weighted by atomic mass is 16.6. The summed E-state index contributed by atoms with van der Waals surface area (Å²) in [4.78, 5) is 21.2. The standard InChI is InChI=1S/C14H17N5O2/c1-18(9-10-3-2-6-15-10)14-8-16-13-7-11(19(20)21)4-5-12(13)17-14/h4-5,7-8,10,15H,2-3,6,9H2,1H3. The van der Waals surface area contributed by atoms with Crippen LogP contribution in [0.25, 0.3) is 11.0 Å². The maximum atomic E-state index is 10.8. The Morgan fingerprint density at radius 3 is 3.05 bits per heavy atom. The van der Waals surface area contributed by atoms with Crippen LogP contribution in [0.1, 0.15) is 12.8 Å². The Labute approximate surface area is 122 Å². The van der Waals surface area contributed by atoms with E-state index in [1.165, 1.54) is 25.0 Å². The first-order valence-corrected chi connectivity index (χ1v) is 6.99. The first-order valence-electron chi connectivity index (χ1n) is 6.99. The monoisotopic (exact) mass is 287 g/mol. The Kier molecular flexibility index (Phi) is 3.66. The number of fused-ring (bicyclic) bond motifs is 1. The van der Waals surface area contributed by atoms with E-state index in [0.717, 1.165) is 18.9 Å². The molecule has 1 aliphatic rings. The van der Waals surface area contributed by atoms with E-state index in [1.807, 2.05) is 7.05 Å². The van der Waals surface area contributed by atoms with Crippen molar-refractivity contribution in [2.75, 3.05) is 25.0 Å². The number of likely N-dealkylation sites (N-methyl/N-ethyl adjacent to an activating group) is 1. The van der Waals surface area contributed by atoms with Crippen molar-refractivity contribution < 1.29 is 4.92 Å². The smallest absolute Gasteiger partial charge is 0.271 e. The van der Waals surface area contributed by atoms with Crippen LogP contribution in [0.5, 0.6) is 0 Å². The highest BCUT2D eigenvalue weighted by Gasteiger charge is 2.17. The summed E-state index contributed by atoms with van der Waals surface area (Å²) in [7, 11) is 1.99. The van der Waals surface area contributed by atoms with Crippen LogP contribution in [0.4, 0.5) is 11.5 Å². The van der Waals surface area contributed by atoms with E-state index in [2.05, 4.69) is 20.2 Å². The van der Waals surface area contributed by atoms with Crippen molar-refractivity contribution in [1.29, 1.82) is 0 Å². The average molecular weight is 287 g/mol. The van der Waals surface area contributed by atoms with Gasteiger partial charge in [-0.2, -0.15) is 0 Å². The molecule has 1 atom stereocenters. The van der Waals surface area contributed by atoms with Crippen molar-refractivity contribution in [3.8, 4) is 0 Å². The van der Waals surface area contributed by atoms with Gasteiger partial charge in [0.05, 0.1) is 22.2 Å². The predicted octanol–water partition coefficient (Wildman–Crippen LogP) is 1.73. The lowest BCUT2D eigenvalue weighted by molar-refractivity contribution is -0.384. The summed E-state index contributed by atoms with van der Waals surface area (Å²) in [5.41, 5.74) is 1.25. The van der Waals surface area contributed by atoms with Crippen molar-refractivity contribution in [2.24, 2.45) is 0 Å². The molecule has 1 aromatic heterocycles. The van der Waals surface area contributed by atoms with E-state index in [9.17, 15) is 10.1 Å². The van der Waals surface area contributed by atoms with Gasteiger partial charge in [-0.15, -0.1) is 0 Å². The zero-order valence-electron chi connectivity index (χ0n) is 11.8. The molecule has 21 heavy (non-hydrogen) atoms. The summed E-state index contributed by atoms with van der Waals surface area (Å²) in [6.45, 7) is 1.96. The number of benzene rings is 1. The molecule has 2 heterocycles. The van der Waals surface area contributed by atoms with Crippen LogP contribution in [0, 0.1) is 10.1 Å². The summed E-state index contributed by atoms with van der Waals surface area (Å²) in [6.07, 6.45) is 4.06. The van der Waals surface area contributed by atoms with Gasteiger partial charge in [0.2, 0.25) is 0 Å². The predicted molar refractivity (Wildman–Crippen MR) is 80.5 cm³/mol. The number of anilines is 1. The van der Waals surface area contributed by atoms with Gasteiger partial charge >= 0.3 is 0 Å².